The van der Waals surface area contributed by atoms with E-state index in [0.717, 1.165) is 27.1 Å². The first-order valence-electron chi connectivity index (χ1n) is 16.8. The smallest absolute Gasteiger partial charge is 0.390 e. The SMILES string of the molecule is Nc1ncnc2c1c(-c1ccc(SC(c3ccccc3)(c3ccccc3)c3ccccc3)cc1)cn2[C@H]1C[C@H](O)[C@@H](COP(=O)(O)OP(=O)(O)OP(=O)(O)O)O1. The van der Waals surface area contributed by atoms with E-state index >= 15 is 0 Å². The Morgan fingerprint density at radius 3 is 1.88 bits per heavy atom. The number of benzene rings is 4. The van der Waals surface area contributed by atoms with E-state index in [-0.39, 0.29) is 12.2 Å². The van der Waals surface area contributed by atoms with Gasteiger partial charge in [-0.05, 0) is 34.4 Å². The number of aliphatic hydroxyl groups is 1. The van der Waals surface area contributed by atoms with Crippen LogP contribution in [0.4, 0.5) is 5.82 Å². The number of nitrogens with two attached hydrogens (primary N) is 1. The van der Waals surface area contributed by atoms with Gasteiger partial charge in [-0.1, -0.05) is 103 Å². The van der Waals surface area contributed by atoms with Gasteiger partial charge in [0, 0.05) is 23.1 Å². The van der Waals surface area contributed by atoms with Gasteiger partial charge in [-0.3, -0.25) is 4.52 Å². The summed E-state index contributed by atoms with van der Waals surface area (Å²) < 4.78 is 54.2. The zero-order valence-electron chi connectivity index (χ0n) is 29.0. The van der Waals surface area contributed by atoms with Gasteiger partial charge in [-0.25, -0.2) is 23.7 Å². The molecule has 7 N–H and O–H groups in total. The van der Waals surface area contributed by atoms with Gasteiger partial charge in [0.15, 0.2) is 0 Å². The summed E-state index contributed by atoms with van der Waals surface area (Å²) in [4.78, 5) is 46.5. The lowest BCUT2D eigenvalue weighted by molar-refractivity contribution is -0.0421. The van der Waals surface area contributed by atoms with Crippen molar-refractivity contribution in [2.45, 2.75) is 34.5 Å². The van der Waals surface area contributed by atoms with E-state index in [1.54, 1.807) is 22.5 Å². The fourth-order valence-electron chi connectivity index (χ4n) is 6.63. The van der Waals surface area contributed by atoms with Gasteiger partial charge in [0.2, 0.25) is 0 Å². The van der Waals surface area contributed by atoms with E-state index in [9.17, 15) is 28.6 Å². The summed E-state index contributed by atoms with van der Waals surface area (Å²) in [5.41, 5.74) is 11.6. The summed E-state index contributed by atoms with van der Waals surface area (Å²) in [7, 11) is -16.7. The summed E-state index contributed by atoms with van der Waals surface area (Å²) in [6, 6.07) is 39.0. The molecule has 0 spiro atoms. The number of rotatable bonds is 14. The Morgan fingerprint density at radius 2 is 1.34 bits per heavy atom. The predicted molar refractivity (Wildman–Crippen MR) is 207 cm³/mol. The van der Waals surface area contributed by atoms with Crippen molar-refractivity contribution in [3.8, 4) is 11.1 Å². The minimum absolute atomic E-state index is 0.0341. The number of thioether (sulfide) groups is 1. The Bertz CT molecular complexity index is 2360. The van der Waals surface area contributed by atoms with Crippen LogP contribution in [0.15, 0.2) is 133 Å². The number of fused-ring (bicyclic) bond motifs is 1. The minimum atomic E-state index is -5.72. The Hall–Kier alpha value is -4.02. The van der Waals surface area contributed by atoms with Crippen molar-refractivity contribution >= 4 is 52.1 Å². The fraction of sp³-hybridized carbons (Fsp3) is 0.167. The summed E-state index contributed by atoms with van der Waals surface area (Å²) in [5.74, 6) is 0.196. The van der Waals surface area contributed by atoms with Crippen LogP contribution < -0.4 is 5.73 Å². The molecule has 6 aromatic rings. The highest BCUT2D eigenvalue weighted by Crippen LogP contribution is 2.66. The number of phosphoric ester groups is 1. The van der Waals surface area contributed by atoms with Gasteiger partial charge >= 0.3 is 23.5 Å². The molecule has 0 amide bonds. The zero-order valence-corrected chi connectivity index (χ0v) is 32.5. The third-order valence-electron chi connectivity index (χ3n) is 8.95. The van der Waals surface area contributed by atoms with Crippen molar-refractivity contribution < 1.29 is 56.3 Å². The molecule has 1 fully saturated rings. The van der Waals surface area contributed by atoms with Crippen molar-refractivity contribution in [3.05, 3.63) is 144 Å². The van der Waals surface area contributed by atoms with Crippen LogP contribution in [0.2, 0.25) is 0 Å². The highest BCUT2D eigenvalue weighted by molar-refractivity contribution is 8.00. The number of hydrogen-bond donors (Lipinski definition) is 6. The topological polar surface area (TPSA) is 246 Å². The average molecular weight is 841 g/mol. The summed E-state index contributed by atoms with van der Waals surface area (Å²) >= 11 is 1.71. The molecular formula is C36H35N4O12P3S. The third-order valence-corrected chi connectivity index (χ3v) is 14.3. The van der Waals surface area contributed by atoms with Crippen molar-refractivity contribution in [2.75, 3.05) is 12.3 Å². The summed E-state index contributed by atoms with van der Waals surface area (Å²) in [6.45, 7) is -0.819. The molecule has 56 heavy (non-hydrogen) atoms. The van der Waals surface area contributed by atoms with Gasteiger partial charge in [-0.2, -0.15) is 8.62 Å². The van der Waals surface area contributed by atoms with Gasteiger partial charge in [0.25, 0.3) is 0 Å². The van der Waals surface area contributed by atoms with Crippen LogP contribution in [0, 0.1) is 0 Å². The largest absolute Gasteiger partial charge is 0.490 e. The van der Waals surface area contributed by atoms with Crippen molar-refractivity contribution in [1.82, 2.24) is 14.5 Å². The number of phosphoric acid groups is 3. The Balaban J connectivity index is 1.16. The number of aliphatic hydroxyl groups excluding tert-OH is 1. The van der Waals surface area contributed by atoms with Crippen LogP contribution in [0.1, 0.15) is 29.3 Å². The Labute approximate surface area is 324 Å². The van der Waals surface area contributed by atoms with Crippen molar-refractivity contribution in [1.29, 1.82) is 0 Å². The second-order valence-electron chi connectivity index (χ2n) is 12.6. The highest BCUT2D eigenvalue weighted by atomic mass is 32.2. The molecule has 2 aromatic heterocycles. The van der Waals surface area contributed by atoms with Crippen molar-refractivity contribution in [2.24, 2.45) is 0 Å². The number of hydrogen-bond acceptors (Lipinski definition) is 12. The molecule has 7 rings (SSSR count). The van der Waals surface area contributed by atoms with Gasteiger partial charge < -0.3 is 39.7 Å². The molecule has 1 saturated heterocycles. The molecule has 20 heteroatoms. The molecule has 0 saturated carbocycles. The van der Waals surface area contributed by atoms with Crippen molar-refractivity contribution in [3.63, 3.8) is 0 Å². The average Bonchev–Trinajstić information content (AvgIpc) is 3.74. The molecular weight excluding hydrogens is 805 g/mol. The number of nitrogen functional groups attached to an aromatic ring is 1. The number of nitrogens with zero attached hydrogens (tertiary/aromatic N) is 3. The van der Waals surface area contributed by atoms with E-state index in [4.69, 9.17) is 24.8 Å². The van der Waals surface area contributed by atoms with E-state index < -0.39 is 53.3 Å². The number of anilines is 1. The Morgan fingerprint density at radius 1 is 0.786 bits per heavy atom. The molecule has 292 valence electrons. The van der Waals surface area contributed by atoms with E-state index in [1.807, 2.05) is 78.9 Å². The third kappa shape index (κ3) is 8.76. The minimum Gasteiger partial charge on any atom is -0.390 e. The molecule has 2 unspecified atom stereocenters. The fourth-order valence-corrected chi connectivity index (χ4v) is 11.0. The standard InChI is InChI=1S/C36H35N4O12P3S/c37-34-33-29(21-40(35(33)39-23-38-34)32-20-30(41)31(50-32)22-49-54(45,46)52-55(47,48)51-53(42,43)44)24-16-18-28(19-17-24)56-36(25-10-4-1-5-11-25,26-12-6-2-7-13-26)27-14-8-3-9-15-27/h1-19,21,23,30-32,41H,20,22H2,(H,45,46)(H,47,48)(H2,37,38,39)(H2,42,43,44)/t30-,31+,32+/m0/s1. The van der Waals surface area contributed by atoms with Crippen LogP contribution in [0.25, 0.3) is 22.2 Å². The summed E-state index contributed by atoms with van der Waals surface area (Å²) in [5, 5.41) is 11.3. The lowest BCUT2D eigenvalue weighted by Gasteiger charge is -2.35. The Kier molecular flexibility index (Phi) is 11.5. The molecule has 16 nitrogen and oxygen atoms in total. The van der Waals surface area contributed by atoms with Crippen LogP contribution >= 0.6 is 35.2 Å². The lowest BCUT2D eigenvalue weighted by Crippen LogP contribution is -2.26. The maximum atomic E-state index is 12.3. The molecule has 0 aliphatic carbocycles. The molecule has 1 aliphatic heterocycles. The number of aromatic nitrogens is 3. The predicted octanol–water partition coefficient (Wildman–Crippen LogP) is 6.76. The van der Waals surface area contributed by atoms with Gasteiger partial charge in [0.05, 0.1) is 22.8 Å². The molecule has 4 aromatic carbocycles. The van der Waals surface area contributed by atoms with E-state index in [2.05, 4.69) is 55.0 Å². The first-order chi connectivity index (χ1) is 26.6. The second kappa shape index (κ2) is 16.1. The molecule has 1 aliphatic rings. The second-order valence-corrected chi connectivity index (χ2v) is 18.3. The number of ether oxygens (including phenoxy) is 1. The zero-order chi connectivity index (χ0) is 39.7. The lowest BCUT2D eigenvalue weighted by atomic mass is 9.84. The van der Waals surface area contributed by atoms with Crippen LogP contribution in [0.5, 0.6) is 0 Å². The van der Waals surface area contributed by atoms with E-state index in [0.29, 0.717) is 16.6 Å². The first-order valence-corrected chi connectivity index (χ1v) is 22.2. The normalized spacial score (nSPS) is 19.8. The first kappa shape index (κ1) is 40.2. The maximum Gasteiger partial charge on any atom is 0.490 e. The molecule has 5 atom stereocenters. The molecule has 0 bridgehead atoms. The monoisotopic (exact) mass is 840 g/mol. The van der Waals surface area contributed by atoms with Gasteiger partial charge in [0.1, 0.15) is 30.1 Å². The van der Waals surface area contributed by atoms with Gasteiger partial charge in [-0.15, -0.1) is 11.8 Å². The molecule has 3 heterocycles. The van der Waals surface area contributed by atoms with E-state index in [1.165, 1.54) is 6.33 Å². The van der Waals surface area contributed by atoms with Crippen LogP contribution in [0.3, 0.4) is 0 Å². The summed E-state index contributed by atoms with van der Waals surface area (Å²) in [6.07, 6.45) is -0.395. The maximum absolute atomic E-state index is 12.3. The highest BCUT2D eigenvalue weighted by Gasteiger charge is 2.43. The quantitative estimate of drug-likeness (QED) is 0.0377. The molecule has 0 radical (unpaired) electrons. The van der Waals surface area contributed by atoms with Crippen LogP contribution in [-0.2, 0) is 36.3 Å². The van der Waals surface area contributed by atoms with Crippen LogP contribution in [-0.4, -0.2) is 58.0 Å².